The van der Waals surface area contributed by atoms with Crippen LogP contribution in [0.1, 0.15) is 15.9 Å². The van der Waals surface area contributed by atoms with Crippen LogP contribution in [0.4, 0.5) is 20.6 Å². The van der Waals surface area contributed by atoms with Crippen molar-refractivity contribution in [2.24, 2.45) is 0 Å². The van der Waals surface area contributed by atoms with E-state index in [2.05, 4.69) is 4.74 Å². The number of ether oxygens (including phenoxy) is 2. The molecule has 0 saturated carbocycles. The average molecular weight is 424 g/mol. The molecular formula is C22H17FN2O6. The van der Waals surface area contributed by atoms with E-state index in [1.165, 1.54) is 54.5 Å². The van der Waals surface area contributed by atoms with Crippen molar-refractivity contribution in [3.63, 3.8) is 0 Å². The van der Waals surface area contributed by atoms with Crippen LogP contribution in [0.5, 0.6) is 5.75 Å². The Morgan fingerprint density at radius 3 is 2.29 bits per heavy atom. The number of non-ortho nitro benzene ring substituents is 1. The van der Waals surface area contributed by atoms with Crippen molar-refractivity contribution in [3.8, 4) is 5.75 Å². The molecule has 0 N–H and O–H groups in total. The number of benzene rings is 3. The molecule has 31 heavy (non-hydrogen) atoms. The first kappa shape index (κ1) is 21.4. The highest BCUT2D eigenvalue weighted by atomic mass is 19.1. The van der Waals surface area contributed by atoms with Gasteiger partial charge in [-0.15, -0.1) is 0 Å². The Bertz CT molecular complexity index is 1100. The molecule has 0 aromatic heterocycles. The van der Waals surface area contributed by atoms with E-state index in [0.29, 0.717) is 11.1 Å². The fourth-order valence-corrected chi connectivity index (χ4v) is 2.74. The molecule has 0 aliphatic heterocycles. The lowest BCUT2D eigenvalue weighted by Gasteiger charge is -2.22. The maximum absolute atomic E-state index is 13.8. The van der Waals surface area contributed by atoms with Crippen molar-refractivity contribution in [1.82, 2.24) is 0 Å². The lowest BCUT2D eigenvalue weighted by molar-refractivity contribution is -0.384. The molecule has 0 radical (unpaired) electrons. The molecule has 0 saturated heterocycles. The van der Waals surface area contributed by atoms with Crippen LogP contribution in [0, 0.1) is 15.9 Å². The second-order valence-electron chi connectivity index (χ2n) is 6.37. The van der Waals surface area contributed by atoms with E-state index in [4.69, 9.17) is 4.74 Å². The third-order valence-electron chi connectivity index (χ3n) is 4.31. The molecule has 1 amide bonds. The summed E-state index contributed by atoms with van der Waals surface area (Å²) >= 11 is 0. The maximum atomic E-state index is 13.8. The smallest absolute Gasteiger partial charge is 0.420 e. The van der Waals surface area contributed by atoms with Gasteiger partial charge in [0.25, 0.3) is 5.69 Å². The van der Waals surface area contributed by atoms with Gasteiger partial charge in [-0.1, -0.05) is 18.2 Å². The number of esters is 1. The van der Waals surface area contributed by atoms with Gasteiger partial charge in [-0.05, 0) is 48.0 Å². The zero-order chi connectivity index (χ0) is 22.4. The van der Waals surface area contributed by atoms with Crippen molar-refractivity contribution in [2.45, 2.75) is 6.54 Å². The van der Waals surface area contributed by atoms with Gasteiger partial charge in [-0.3, -0.25) is 15.0 Å². The number of rotatable bonds is 6. The number of carbonyl (C=O) groups excluding carboxylic acids is 2. The van der Waals surface area contributed by atoms with Crippen LogP contribution in [-0.4, -0.2) is 24.1 Å². The summed E-state index contributed by atoms with van der Waals surface area (Å²) in [6.45, 7) is 0.0245. The largest absolute Gasteiger partial charge is 0.465 e. The SMILES string of the molecule is COC(=O)c1ccc(CN(C(=O)Oc2ccc([N+](=O)[O-])cc2)c2cccc(F)c2)cc1. The number of hydrogen-bond acceptors (Lipinski definition) is 6. The molecule has 9 heteroatoms. The van der Waals surface area contributed by atoms with Gasteiger partial charge in [0.1, 0.15) is 11.6 Å². The molecule has 8 nitrogen and oxygen atoms in total. The van der Waals surface area contributed by atoms with Crippen LogP contribution in [0.15, 0.2) is 72.8 Å². The first-order valence-electron chi connectivity index (χ1n) is 9.04. The second kappa shape index (κ2) is 9.49. The molecule has 3 aromatic carbocycles. The van der Waals surface area contributed by atoms with Gasteiger partial charge in [-0.2, -0.15) is 0 Å². The van der Waals surface area contributed by atoms with Crippen molar-refractivity contribution >= 4 is 23.4 Å². The van der Waals surface area contributed by atoms with E-state index < -0.39 is 22.8 Å². The van der Waals surface area contributed by atoms with Gasteiger partial charge in [0.2, 0.25) is 0 Å². The van der Waals surface area contributed by atoms with Gasteiger partial charge in [0, 0.05) is 12.1 Å². The Labute approximate surface area is 176 Å². The number of halogens is 1. The van der Waals surface area contributed by atoms with Crippen molar-refractivity contribution in [2.75, 3.05) is 12.0 Å². The fourth-order valence-electron chi connectivity index (χ4n) is 2.74. The molecular weight excluding hydrogens is 407 g/mol. The van der Waals surface area contributed by atoms with E-state index in [1.54, 1.807) is 30.3 Å². The lowest BCUT2D eigenvalue weighted by Crippen LogP contribution is -2.33. The summed E-state index contributed by atoms with van der Waals surface area (Å²) in [5.74, 6) is -0.934. The first-order chi connectivity index (χ1) is 14.9. The summed E-state index contributed by atoms with van der Waals surface area (Å²) in [7, 11) is 1.27. The molecule has 158 valence electrons. The fraction of sp³-hybridized carbons (Fsp3) is 0.0909. The minimum absolute atomic E-state index is 0.0245. The summed E-state index contributed by atoms with van der Waals surface area (Å²) in [6.07, 6.45) is -0.809. The number of nitro groups is 1. The molecule has 0 atom stereocenters. The van der Waals surface area contributed by atoms with Crippen LogP contribution in [0.2, 0.25) is 0 Å². The van der Waals surface area contributed by atoms with Gasteiger partial charge < -0.3 is 9.47 Å². The standard InChI is InChI=1S/C22H17FN2O6/c1-30-21(26)16-7-5-15(6-8-16)14-24(19-4-2-3-17(23)13-19)22(27)31-20-11-9-18(10-12-20)25(28)29/h2-13H,14H2,1H3. The topological polar surface area (TPSA) is 99.0 Å². The van der Waals surface area contributed by atoms with Crippen LogP contribution in [0.3, 0.4) is 0 Å². The lowest BCUT2D eigenvalue weighted by atomic mass is 10.1. The number of amides is 1. The van der Waals surface area contributed by atoms with Gasteiger partial charge in [0.05, 0.1) is 29.8 Å². The minimum atomic E-state index is -0.809. The Balaban J connectivity index is 1.84. The minimum Gasteiger partial charge on any atom is -0.465 e. The van der Waals surface area contributed by atoms with E-state index in [9.17, 15) is 24.1 Å². The van der Waals surface area contributed by atoms with Gasteiger partial charge in [-0.25, -0.2) is 14.0 Å². The zero-order valence-electron chi connectivity index (χ0n) is 16.4. The summed E-state index contributed by atoms with van der Waals surface area (Å²) in [5.41, 5.74) is 1.10. The molecule has 3 rings (SSSR count). The molecule has 0 aliphatic carbocycles. The van der Waals surface area contributed by atoms with Crippen molar-refractivity contribution < 1.29 is 28.4 Å². The number of anilines is 1. The predicted octanol–water partition coefficient (Wildman–Crippen LogP) is 4.73. The summed E-state index contributed by atoms with van der Waals surface area (Å²) in [5, 5.41) is 10.8. The number of nitrogens with zero attached hydrogens (tertiary/aromatic N) is 2. The van der Waals surface area contributed by atoms with Crippen LogP contribution < -0.4 is 9.64 Å². The predicted molar refractivity (Wildman–Crippen MR) is 109 cm³/mol. The third-order valence-corrected chi connectivity index (χ3v) is 4.31. The number of carbonyl (C=O) groups is 2. The molecule has 0 heterocycles. The van der Waals surface area contributed by atoms with Crippen molar-refractivity contribution in [3.05, 3.63) is 99.9 Å². The number of hydrogen-bond donors (Lipinski definition) is 0. The quantitative estimate of drug-likeness (QED) is 0.322. The summed E-state index contributed by atoms with van der Waals surface area (Å²) in [4.78, 5) is 35.8. The highest BCUT2D eigenvalue weighted by Gasteiger charge is 2.20. The number of nitro benzene ring substituents is 1. The van der Waals surface area contributed by atoms with Crippen molar-refractivity contribution in [1.29, 1.82) is 0 Å². The Morgan fingerprint density at radius 2 is 1.71 bits per heavy atom. The molecule has 0 bridgehead atoms. The van der Waals surface area contributed by atoms with Gasteiger partial charge in [0.15, 0.2) is 0 Å². The zero-order valence-corrected chi connectivity index (χ0v) is 16.4. The molecule has 0 spiro atoms. The molecule has 3 aromatic rings. The monoisotopic (exact) mass is 424 g/mol. The Hall–Kier alpha value is -4.27. The van der Waals surface area contributed by atoms with E-state index in [0.717, 1.165) is 0 Å². The normalized spacial score (nSPS) is 10.3. The van der Waals surface area contributed by atoms with Crippen LogP contribution in [0.25, 0.3) is 0 Å². The molecule has 0 aliphatic rings. The Kier molecular flexibility index (Phi) is 6.56. The first-order valence-corrected chi connectivity index (χ1v) is 9.04. The Morgan fingerprint density at radius 1 is 1.03 bits per heavy atom. The molecule has 0 unspecified atom stereocenters. The highest BCUT2D eigenvalue weighted by molar-refractivity contribution is 5.90. The van der Waals surface area contributed by atoms with Crippen LogP contribution in [-0.2, 0) is 11.3 Å². The van der Waals surface area contributed by atoms with E-state index in [-0.39, 0.29) is 23.7 Å². The highest BCUT2D eigenvalue weighted by Crippen LogP contribution is 2.23. The summed E-state index contributed by atoms with van der Waals surface area (Å²) < 4.78 is 23.7. The number of methoxy groups -OCH3 is 1. The van der Waals surface area contributed by atoms with E-state index in [1.807, 2.05) is 0 Å². The third kappa shape index (κ3) is 5.41. The molecule has 0 fully saturated rings. The average Bonchev–Trinajstić information content (AvgIpc) is 2.77. The van der Waals surface area contributed by atoms with Gasteiger partial charge >= 0.3 is 12.1 Å². The second-order valence-corrected chi connectivity index (χ2v) is 6.37. The maximum Gasteiger partial charge on any atom is 0.420 e. The van der Waals surface area contributed by atoms with Crippen LogP contribution >= 0.6 is 0 Å². The summed E-state index contributed by atoms with van der Waals surface area (Å²) in [6, 6.07) is 16.8. The van der Waals surface area contributed by atoms with E-state index >= 15 is 0 Å².